The van der Waals surface area contributed by atoms with Gasteiger partial charge in [-0.1, -0.05) is 33.3 Å². The van der Waals surface area contributed by atoms with Crippen LogP contribution in [0, 0.1) is 5.92 Å². The third-order valence-corrected chi connectivity index (χ3v) is 3.98. The standard InChI is InChI=1S/C17H29N3/c1-4-5-10-18-17-15(8-6-11-19-17)16-9-7-12-20(16)13-14(2)3/h6,8,11,14,16H,4-5,7,9-10,12-13H2,1-3H3,(H,18,19). The number of hydrogen-bond acceptors (Lipinski definition) is 3. The number of rotatable bonds is 7. The van der Waals surface area contributed by atoms with Crippen LogP contribution in [0.2, 0.25) is 0 Å². The Hall–Kier alpha value is -1.09. The molecule has 1 N–H and O–H groups in total. The van der Waals surface area contributed by atoms with Gasteiger partial charge >= 0.3 is 0 Å². The maximum atomic E-state index is 4.57. The van der Waals surface area contributed by atoms with Gasteiger partial charge in [0.25, 0.3) is 0 Å². The summed E-state index contributed by atoms with van der Waals surface area (Å²) in [7, 11) is 0. The lowest BCUT2D eigenvalue weighted by Crippen LogP contribution is -2.28. The van der Waals surface area contributed by atoms with Crippen molar-refractivity contribution in [3.63, 3.8) is 0 Å². The summed E-state index contributed by atoms with van der Waals surface area (Å²) in [5, 5.41) is 3.53. The molecule has 1 aliphatic rings. The summed E-state index contributed by atoms with van der Waals surface area (Å²) in [6, 6.07) is 4.88. The van der Waals surface area contributed by atoms with Crippen molar-refractivity contribution in [1.82, 2.24) is 9.88 Å². The van der Waals surface area contributed by atoms with E-state index >= 15 is 0 Å². The van der Waals surface area contributed by atoms with Gasteiger partial charge in [-0.25, -0.2) is 4.98 Å². The van der Waals surface area contributed by atoms with Gasteiger partial charge in [0, 0.05) is 30.9 Å². The van der Waals surface area contributed by atoms with Gasteiger partial charge in [0.1, 0.15) is 5.82 Å². The molecule has 0 saturated carbocycles. The van der Waals surface area contributed by atoms with Crippen LogP contribution in [0.3, 0.4) is 0 Å². The maximum absolute atomic E-state index is 4.57. The number of nitrogens with zero attached hydrogens (tertiary/aromatic N) is 2. The van der Waals surface area contributed by atoms with Crippen molar-refractivity contribution < 1.29 is 0 Å². The third kappa shape index (κ3) is 3.95. The first-order chi connectivity index (χ1) is 9.72. The fraction of sp³-hybridized carbons (Fsp3) is 0.706. The highest BCUT2D eigenvalue weighted by Crippen LogP contribution is 2.35. The molecule has 1 atom stereocenters. The third-order valence-electron chi connectivity index (χ3n) is 3.98. The summed E-state index contributed by atoms with van der Waals surface area (Å²) in [6.07, 6.45) is 6.90. The summed E-state index contributed by atoms with van der Waals surface area (Å²) in [6.45, 7) is 10.3. The summed E-state index contributed by atoms with van der Waals surface area (Å²) >= 11 is 0. The summed E-state index contributed by atoms with van der Waals surface area (Å²) in [4.78, 5) is 7.20. The van der Waals surface area contributed by atoms with Crippen molar-refractivity contribution in [2.75, 3.05) is 25.0 Å². The van der Waals surface area contributed by atoms with Crippen LogP contribution < -0.4 is 5.32 Å². The van der Waals surface area contributed by atoms with Gasteiger partial charge < -0.3 is 5.32 Å². The Kier molecular flexibility index (Phi) is 5.84. The van der Waals surface area contributed by atoms with Gasteiger partial charge in [0.15, 0.2) is 0 Å². The lowest BCUT2D eigenvalue weighted by molar-refractivity contribution is 0.229. The summed E-state index contributed by atoms with van der Waals surface area (Å²) in [5.74, 6) is 1.82. The molecule has 1 aliphatic heterocycles. The number of unbranched alkanes of at least 4 members (excludes halogenated alkanes) is 1. The normalized spacial score (nSPS) is 19.7. The number of pyridine rings is 1. The molecule has 2 rings (SSSR count). The number of nitrogens with one attached hydrogen (secondary N) is 1. The topological polar surface area (TPSA) is 28.2 Å². The molecule has 3 heteroatoms. The summed E-state index contributed by atoms with van der Waals surface area (Å²) in [5.41, 5.74) is 1.39. The van der Waals surface area contributed by atoms with E-state index in [0.29, 0.717) is 6.04 Å². The highest BCUT2D eigenvalue weighted by molar-refractivity contribution is 5.46. The van der Waals surface area contributed by atoms with E-state index in [1.165, 1.54) is 44.3 Å². The van der Waals surface area contributed by atoms with E-state index in [1.807, 2.05) is 6.20 Å². The minimum Gasteiger partial charge on any atom is -0.370 e. The second kappa shape index (κ2) is 7.63. The van der Waals surface area contributed by atoms with E-state index in [0.717, 1.165) is 18.3 Å². The molecule has 0 aliphatic carbocycles. The van der Waals surface area contributed by atoms with Crippen LogP contribution in [-0.4, -0.2) is 29.5 Å². The van der Waals surface area contributed by atoms with Gasteiger partial charge in [0.2, 0.25) is 0 Å². The van der Waals surface area contributed by atoms with E-state index in [2.05, 4.69) is 48.1 Å². The average molecular weight is 275 g/mol. The van der Waals surface area contributed by atoms with Gasteiger partial charge in [-0.15, -0.1) is 0 Å². The van der Waals surface area contributed by atoms with E-state index < -0.39 is 0 Å². The Balaban J connectivity index is 2.10. The van der Waals surface area contributed by atoms with Crippen LogP contribution >= 0.6 is 0 Å². The molecule has 1 fully saturated rings. The molecule has 1 aromatic heterocycles. The molecule has 112 valence electrons. The Bertz CT molecular complexity index is 403. The fourth-order valence-electron chi connectivity index (χ4n) is 3.08. The van der Waals surface area contributed by atoms with Crippen molar-refractivity contribution in [3.8, 4) is 0 Å². The van der Waals surface area contributed by atoms with E-state index in [4.69, 9.17) is 0 Å². The van der Waals surface area contributed by atoms with Crippen molar-refractivity contribution in [3.05, 3.63) is 23.9 Å². The number of hydrogen-bond donors (Lipinski definition) is 1. The molecule has 1 saturated heterocycles. The fourth-order valence-corrected chi connectivity index (χ4v) is 3.08. The molecular formula is C17H29N3. The highest BCUT2D eigenvalue weighted by Gasteiger charge is 2.28. The SMILES string of the molecule is CCCCNc1ncccc1C1CCCN1CC(C)C. The number of anilines is 1. The van der Waals surface area contributed by atoms with Gasteiger partial charge in [-0.2, -0.15) is 0 Å². The molecule has 1 aromatic rings. The molecule has 2 heterocycles. The molecule has 0 radical (unpaired) electrons. The van der Waals surface area contributed by atoms with Crippen molar-refractivity contribution in [2.45, 2.75) is 52.5 Å². The molecular weight excluding hydrogens is 246 g/mol. The first-order valence-electron chi connectivity index (χ1n) is 8.15. The van der Waals surface area contributed by atoms with Crippen molar-refractivity contribution in [2.24, 2.45) is 5.92 Å². The Morgan fingerprint density at radius 1 is 1.45 bits per heavy atom. The predicted octanol–water partition coefficient (Wildman–Crippen LogP) is 4.09. The highest BCUT2D eigenvalue weighted by atomic mass is 15.2. The number of likely N-dealkylation sites (tertiary alicyclic amines) is 1. The minimum atomic E-state index is 0.551. The monoisotopic (exact) mass is 275 g/mol. The molecule has 0 spiro atoms. The second-order valence-corrected chi connectivity index (χ2v) is 6.27. The van der Waals surface area contributed by atoms with Crippen molar-refractivity contribution >= 4 is 5.82 Å². The zero-order valence-electron chi connectivity index (χ0n) is 13.2. The first kappa shape index (κ1) is 15.3. The second-order valence-electron chi connectivity index (χ2n) is 6.27. The molecule has 0 aromatic carbocycles. The van der Waals surface area contributed by atoms with Crippen LogP contribution in [0.4, 0.5) is 5.82 Å². The maximum Gasteiger partial charge on any atom is 0.130 e. The van der Waals surface area contributed by atoms with E-state index in [-0.39, 0.29) is 0 Å². The largest absolute Gasteiger partial charge is 0.370 e. The smallest absolute Gasteiger partial charge is 0.130 e. The van der Waals surface area contributed by atoms with Crippen LogP contribution in [0.15, 0.2) is 18.3 Å². The molecule has 0 bridgehead atoms. The minimum absolute atomic E-state index is 0.551. The Morgan fingerprint density at radius 3 is 3.05 bits per heavy atom. The quantitative estimate of drug-likeness (QED) is 0.760. The molecule has 20 heavy (non-hydrogen) atoms. The van der Waals surface area contributed by atoms with Crippen molar-refractivity contribution in [1.29, 1.82) is 0 Å². The van der Waals surface area contributed by atoms with E-state index in [9.17, 15) is 0 Å². The number of aromatic nitrogens is 1. The van der Waals surface area contributed by atoms with E-state index in [1.54, 1.807) is 0 Å². The first-order valence-corrected chi connectivity index (χ1v) is 8.15. The van der Waals surface area contributed by atoms with Gasteiger partial charge in [0.05, 0.1) is 0 Å². The van der Waals surface area contributed by atoms with Crippen LogP contribution in [0.25, 0.3) is 0 Å². The summed E-state index contributed by atoms with van der Waals surface area (Å²) < 4.78 is 0. The lowest BCUT2D eigenvalue weighted by atomic mass is 10.0. The molecule has 0 amide bonds. The Labute approximate surface area is 123 Å². The zero-order valence-corrected chi connectivity index (χ0v) is 13.2. The predicted molar refractivity (Wildman–Crippen MR) is 86.0 cm³/mol. The van der Waals surface area contributed by atoms with Crippen LogP contribution in [-0.2, 0) is 0 Å². The molecule has 3 nitrogen and oxygen atoms in total. The zero-order chi connectivity index (χ0) is 14.4. The molecule has 1 unspecified atom stereocenters. The lowest BCUT2D eigenvalue weighted by Gasteiger charge is -2.27. The Morgan fingerprint density at radius 2 is 2.30 bits per heavy atom. The average Bonchev–Trinajstić information content (AvgIpc) is 2.87. The van der Waals surface area contributed by atoms with Gasteiger partial charge in [-0.05, 0) is 37.8 Å². The van der Waals surface area contributed by atoms with Gasteiger partial charge in [-0.3, -0.25) is 4.90 Å². The van der Waals surface area contributed by atoms with Crippen LogP contribution in [0.1, 0.15) is 58.1 Å². The van der Waals surface area contributed by atoms with Crippen LogP contribution in [0.5, 0.6) is 0 Å².